The van der Waals surface area contributed by atoms with Gasteiger partial charge in [0.25, 0.3) is 0 Å². The first-order valence-corrected chi connectivity index (χ1v) is 9.34. The highest BCUT2D eigenvalue weighted by Gasteiger charge is 2.10. The lowest BCUT2D eigenvalue weighted by Crippen LogP contribution is -2.14. The number of aromatic nitrogens is 1. The Kier molecular flexibility index (Phi) is 9.56. The lowest BCUT2D eigenvalue weighted by molar-refractivity contribution is -0.144. The molecular formula is C17H26ClNO2S. The summed E-state index contributed by atoms with van der Waals surface area (Å²) in [5.41, 5.74) is 0.961. The van der Waals surface area contributed by atoms with Gasteiger partial charge in [0, 0.05) is 5.75 Å². The number of hydrogen-bond donors (Lipinski definition) is 0. The second-order valence-electron chi connectivity index (χ2n) is 5.46. The number of esters is 1. The number of thioether (sulfide) groups is 1. The number of halogens is 1. The predicted molar refractivity (Wildman–Crippen MR) is 93.6 cm³/mol. The van der Waals surface area contributed by atoms with E-state index < -0.39 is 0 Å². The fraction of sp³-hybridized carbons (Fsp3) is 0.647. The normalized spacial score (nSPS) is 12.2. The summed E-state index contributed by atoms with van der Waals surface area (Å²) in [6, 6.07) is 3.87. The Balaban J connectivity index is 2.23. The van der Waals surface area contributed by atoms with E-state index >= 15 is 0 Å². The molecule has 1 aromatic heterocycles. The molecule has 124 valence electrons. The summed E-state index contributed by atoms with van der Waals surface area (Å²) >= 11 is 7.51. The molecule has 1 heterocycles. The zero-order valence-electron chi connectivity index (χ0n) is 13.7. The maximum atomic E-state index is 11.8. The first-order valence-electron chi connectivity index (χ1n) is 7.98. The Morgan fingerprint density at radius 3 is 2.82 bits per heavy atom. The highest BCUT2D eigenvalue weighted by Crippen LogP contribution is 2.21. The third kappa shape index (κ3) is 7.50. The number of ether oxygens (including phenoxy) is 1. The highest BCUT2D eigenvalue weighted by atomic mass is 35.5. The van der Waals surface area contributed by atoms with Crippen LogP contribution in [0.4, 0.5) is 0 Å². The molecule has 5 heteroatoms. The number of pyridine rings is 1. The SMILES string of the molecule is CCCCC(CC)COC(=O)CCSc1ccc(C)c(Cl)n1. The minimum Gasteiger partial charge on any atom is -0.465 e. The third-order valence-corrected chi connectivity index (χ3v) is 4.90. The molecule has 0 aliphatic carbocycles. The Morgan fingerprint density at radius 1 is 1.41 bits per heavy atom. The molecule has 0 radical (unpaired) electrons. The molecule has 22 heavy (non-hydrogen) atoms. The van der Waals surface area contributed by atoms with Crippen molar-refractivity contribution in [3.63, 3.8) is 0 Å². The minimum absolute atomic E-state index is 0.124. The smallest absolute Gasteiger partial charge is 0.306 e. The van der Waals surface area contributed by atoms with Crippen LogP contribution >= 0.6 is 23.4 Å². The molecule has 0 aliphatic rings. The van der Waals surface area contributed by atoms with Crippen LogP contribution in [-0.2, 0) is 9.53 Å². The van der Waals surface area contributed by atoms with Crippen LogP contribution in [0.3, 0.4) is 0 Å². The molecule has 0 N–H and O–H groups in total. The Morgan fingerprint density at radius 2 is 2.18 bits per heavy atom. The largest absolute Gasteiger partial charge is 0.465 e. The molecule has 3 nitrogen and oxygen atoms in total. The average molecular weight is 344 g/mol. The van der Waals surface area contributed by atoms with E-state index in [4.69, 9.17) is 16.3 Å². The van der Waals surface area contributed by atoms with E-state index in [2.05, 4.69) is 18.8 Å². The van der Waals surface area contributed by atoms with Gasteiger partial charge in [-0.2, -0.15) is 0 Å². The van der Waals surface area contributed by atoms with Crippen molar-refractivity contribution in [3.8, 4) is 0 Å². The molecule has 0 amide bonds. The Bertz CT molecular complexity index is 468. The molecule has 1 rings (SSSR count). The summed E-state index contributed by atoms with van der Waals surface area (Å²) in [7, 11) is 0. The van der Waals surface area contributed by atoms with Crippen LogP contribution in [0.1, 0.15) is 51.5 Å². The average Bonchev–Trinajstić information content (AvgIpc) is 2.51. The van der Waals surface area contributed by atoms with E-state index in [1.54, 1.807) is 0 Å². The lowest BCUT2D eigenvalue weighted by Gasteiger charge is -2.14. The van der Waals surface area contributed by atoms with Gasteiger partial charge in [-0.05, 0) is 30.9 Å². The van der Waals surface area contributed by atoms with Gasteiger partial charge in [0.05, 0.1) is 18.1 Å². The molecule has 0 spiro atoms. The van der Waals surface area contributed by atoms with Crippen LogP contribution < -0.4 is 0 Å². The number of unbranched alkanes of at least 4 members (excludes halogenated alkanes) is 1. The molecular weight excluding hydrogens is 318 g/mol. The van der Waals surface area contributed by atoms with Crippen molar-refractivity contribution in [2.75, 3.05) is 12.4 Å². The molecule has 1 unspecified atom stereocenters. The van der Waals surface area contributed by atoms with Crippen LogP contribution in [0.2, 0.25) is 5.15 Å². The topological polar surface area (TPSA) is 39.2 Å². The second-order valence-corrected chi connectivity index (χ2v) is 6.93. The van der Waals surface area contributed by atoms with Gasteiger partial charge in [-0.1, -0.05) is 50.8 Å². The van der Waals surface area contributed by atoms with Crippen molar-refractivity contribution >= 4 is 29.3 Å². The van der Waals surface area contributed by atoms with E-state index in [-0.39, 0.29) is 5.97 Å². The fourth-order valence-electron chi connectivity index (χ4n) is 1.99. The Labute approximate surface area is 143 Å². The molecule has 0 aromatic carbocycles. The van der Waals surface area contributed by atoms with Crippen molar-refractivity contribution in [3.05, 3.63) is 22.8 Å². The van der Waals surface area contributed by atoms with Crippen LogP contribution in [0.25, 0.3) is 0 Å². The van der Waals surface area contributed by atoms with Crippen molar-refractivity contribution in [1.82, 2.24) is 4.98 Å². The number of carbonyl (C=O) groups excluding carboxylic acids is 1. The molecule has 0 aliphatic heterocycles. The molecule has 1 atom stereocenters. The molecule has 0 fully saturated rings. The van der Waals surface area contributed by atoms with Crippen LogP contribution in [0, 0.1) is 12.8 Å². The van der Waals surface area contributed by atoms with Crippen LogP contribution in [0.15, 0.2) is 17.2 Å². The zero-order chi connectivity index (χ0) is 16.4. The second kappa shape index (κ2) is 10.9. The van der Waals surface area contributed by atoms with Crippen LogP contribution in [-0.4, -0.2) is 23.3 Å². The number of nitrogens with zero attached hydrogens (tertiary/aromatic N) is 1. The quantitative estimate of drug-likeness (QED) is 0.329. The maximum absolute atomic E-state index is 11.8. The van der Waals surface area contributed by atoms with Crippen molar-refractivity contribution in [2.24, 2.45) is 5.92 Å². The lowest BCUT2D eigenvalue weighted by atomic mass is 10.0. The van der Waals surface area contributed by atoms with Gasteiger partial charge in [-0.25, -0.2) is 4.98 Å². The fourth-order valence-corrected chi connectivity index (χ4v) is 2.99. The van der Waals surface area contributed by atoms with E-state index in [0.29, 0.717) is 29.9 Å². The third-order valence-electron chi connectivity index (χ3n) is 3.59. The molecule has 1 aromatic rings. The predicted octanol–water partition coefficient (Wildman–Crippen LogP) is 5.29. The molecule has 0 saturated heterocycles. The summed E-state index contributed by atoms with van der Waals surface area (Å²) < 4.78 is 5.37. The number of rotatable bonds is 10. The van der Waals surface area contributed by atoms with E-state index in [1.165, 1.54) is 24.6 Å². The number of carbonyl (C=O) groups is 1. The molecule has 0 saturated carbocycles. The first-order chi connectivity index (χ1) is 10.6. The monoisotopic (exact) mass is 343 g/mol. The van der Waals surface area contributed by atoms with Crippen LogP contribution in [0.5, 0.6) is 0 Å². The van der Waals surface area contributed by atoms with Gasteiger partial charge in [0.2, 0.25) is 0 Å². The summed E-state index contributed by atoms with van der Waals surface area (Å²) in [6.45, 7) is 6.80. The first kappa shape index (κ1) is 19.3. The summed E-state index contributed by atoms with van der Waals surface area (Å²) in [5.74, 6) is 1.03. The van der Waals surface area contributed by atoms with E-state index in [0.717, 1.165) is 23.4 Å². The Hall–Kier alpha value is -0.740. The summed E-state index contributed by atoms with van der Waals surface area (Å²) in [6.07, 6.45) is 5.00. The van der Waals surface area contributed by atoms with Crippen molar-refractivity contribution in [2.45, 2.75) is 57.9 Å². The zero-order valence-corrected chi connectivity index (χ0v) is 15.3. The van der Waals surface area contributed by atoms with E-state index in [9.17, 15) is 4.79 Å². The minimum atomic E-state index is -0.124. The van der Waals surface area contributed by atoms with Crippen molar-refractivity contribution in [1.29, 1.82) is 0 Å². The van der Waals surface area contributed by atoms with Gasteiger partial charge >= 0.3 is 5.97 Å². The molecule has 0 bridgehead atoms. The highest BCUT2D eigenvalue weighted by molar-refractivity contribution is 7.99. The van der Waals surface area contributed by atoms with Gasteiger partial charge in [-0.3, -0.25) is 4.79 Å². The maximum Gasteiger partial charge on any atom is 0.306 e. The van der Waals surface area contributed by atoms with Gasteiger partial charge in [0.15, 0.2) is 0 Å². The van der Waals surface area contributed by atoms with Gasteiger partial charge in [-0.15, -0.1) is 11.8 Å². The van der Waals surface area contributed by atoms with E-state index in [1.807, 2.05) is 19.1 Å². The summed E-state index contributed by atoms with van der Waals surface area (Å²) in [4.78, 5) is 16.0. The summed E-state index contributed by atoms with van der Waals surface area (Å²) in [5, 5.41) is 1.37. The van der Waals surface area contributed by atoms with Gasteiger partial charge < -0.3 is 4.74 Å². The van der Waals surface area contributed by atoms with Crippen molar-refractivity contribution < 1.29 is 9.53 Å². The standard InChI is InChI=1S/C17H26ClNO2S/c1-4-6-7-14(5-2)12-21-16(20)10-11-22-15-9-8-13(3)17(18)19-15/h8-9,14H,4-7,10-12H2,1-3H3. The number of hydrogen-bond acceptors (Lipinski definition) is 4. The number of aryl methyl sites for hydroxylation is 1. The van der Waals surface area contributed by atoms with Gasteiger partial charge in [0.1, 0.15) is 5.15 Å².